The maximum atomic E-state index is 6.10. The van der Waals surface area contributed by atoms with Crippen LogP contribution in [0.25, 0.3) is 0 Å². The van der Waals surface area contributed by atoms with Crippen molar-refractivity contribution in [3.05, 3.63) is 34.9 Å². The van der Waals surface area contributed by atoms with Gasteiger partial charge in [-0.05, 0) is 56.1 Å². The molecule has 1 saturated heterocycles. The van der Waals surface area contributed by atoms with Gasteiger partial charge in [0.15, 0.2) is 0 Å². The molecular formula is C16H25ClN2. The molecule has 1 aromatic rings. The summed E-state index contributed by atoms with van der Waals surface area (Å²) < 4.78 is 0. The maximum absolute atomic E-state index is 6.10. The molecule has 19 heavy (non-hydrogen) atoms. The van der Waals surface area contributed by atoms with Gasteiger partial charge < -0.3 is 10.2 Å². The number of nitrogens with one attached hydrogen (secondary N) is 1. The van der Waals surface area contributed by atoms with Crippen LogP contribution in [0.5, 0.6) is 0 Å². The molecule has 0 radical (unpaired) electrons. The van der Waals surface area contributed by atoms with Gasteiger partial charge in [0, 0.05) is 17.6 Å². The van der Waals surface area contributed by atoms with Gasteiger partial charge in [-0.2, -0.15) is 0 Å². The monoisotopic (exact) mass is 280 g/mol. The fourth-order valence-electron chi connectivity index (χ4n) is 2.90. The lowest BCUT2D eigenvalue weighted by Gasteiger charge is -2.22. The van der Waals surface area contributed by atoms with Crippen LogP contribution in [0.1, 0.15) is 38.3 Å². The molecule has 1 fully saturated rings. The van der Waals surface area contributed by atoms with Gasteiger partial charge in [-0.1, -0.05) is 37.6 Å². The van der Waals surface area contributed by atoms with Gasteiger partial charge in [-0.3, -0.25) is 0 Å². The molecule has 2 nitrogen and oxygen atoms in total. The largest absolute Gasteiger partial charge is 0.310 e. The van der Waals surface area contributed by atoms with Crippen LogP contribution in [0.2, 0.25) is 5.02 Å². The number of rotatable bonds is 6. The molecule has 1 aliphatic heterocycles. The van der Waals surface area contributed by atoms with E-state index in [1.54, 1.807) is 0 Å². The number of benzene rings is 1. The quantitative estimate of drug-likeness (QED) is 0.854. The summed E-state index contributed by atoms with van der Waals surface area (Å²) in [4.78, 5) is 2.58. The highest BCUT2D eigenvalue weighted by Crippen LogP contribution is 2.22. The third-order valence-corrected chi connectivity index (χ3v) is 4.18. The second-order valence-electron chi connectivity index (χ2n) is 5.65. The van der Waals surface area contributed by atoms with E-state index in [0.717, 1.165) is 23.9 Å². The molecule has 1 N–H and O–H groups in total. The van der Waals surface area contributed by atoms with Crippen molar-refractivity contribution in [1.82, 2.24) is 10.2 Å². The summed E-state index contributed by atoms with van der Waals surface area (Å²) in [5.74, 6) is 0.865. The van der Waals surface area contributed by atoms with Gasteiger partial charge in [-0.15, -0.1) is 0 Å². The lowest BCUT2D eigenvalue weighted by atomic mass is 10.0. The Labute approximate surface area is 122 Å². The zero-order valence-electron chi connectivity index (χ0n) is 12.0. The lowest BCUT2D eigenvalue weighted by Crippen LogP contribution is -2.28. The molecule has 0 bridgehead atoms. The Morgan fingerprint density at radius 1 is 1.47 bits per heavy atom. The number of nitrogens with zero attached hydrogens (tertiary/aromatic N) is 1. The predicted molar refractivity (Wildman–Crippen MR) is 82.7 cm³/mol. The first-order valence-corrected chi connectivity index (χ1v) is 7.78. The molecule has 3 heteroatoms. The van der Waals surface area contributed by atoms with E-state index in [2.05, 4.69) is 36.2 Å². The molecule has 0 saturated carbocycles. The van der Waals surface area contributed by atoms with Crippen molar-refractivity contribution in [1.29, 1.82) is 0 Å². The number of halogens is 1. The first-order chi connectivity index (χ1) is 9.19. The minimum atomic E-state index is 0.416. The summed E-state index contributed by atoms with van der Waals surface area (Å²) in [6.45, 7) is 9.19. The van der Waals surface area contributed by atoms with Crippen molar-refractivity contribution in [3.63, 3.8) is 0 Å². The summed E-state index contributed by atoms with van der Waals surface area (Å²) in [5, 5.41) is 4.40. The van der Waals surface area contributed by atoms with Crippen molar-refractivity contribution in [2.75, 3.05) is 26.2 Å². The van der Waals surface area contributed by atoms with Crippen LogP contribution in [-0.4, -0.2) is 31.1 Å². The Hall–Kier alpha value is -0.570. The molecule has 2 rings (SSSR count). The van der Waals surface area contributed by atoms with Gasteiger partial charge in [0.25, 0.3) is 0 Å². The minimum Gasteiger partial charge on any atom is -0.310 e. The Kier molecular flexibility index (Phi) is 5.68. The van der Waals surface area contributed by atoms with Crippen LogP contribution in [0.3, 0.4) is 0 Å². The first kappa shape index (κ1) is 14.8. The first-order valence-electron chi connectivity index (χ1n) is 7.40. The Bertz CT molecular complexity index is 394. The highest BCUT2D eigenvalue weighted by atomic mass is 35.5. The van der Waals surface area contributed by atoms with Crippen LogP contribution < -0.4 is 5.32 Å². The summed E-state index contributed by atoms with van der Waals surface area (Å²) >= 11 is 6.10. The second-order valence-corrected chi connectivity index (χ2v) is 6.08. The van der Waals surface area contributed by atoms with Gasteiger partial charge in [0.05, 0.1) is 0 Å². The minimum absolute atomic E-state index is 0.416. The highest BCUT2D eigenvalue weighted by molar-refractivity contribution is 6.30. The van der Waals surface area contributed by atoms with Crippen LogP contribution in [0.4, 0.5) is 0 Å². The maximum Gasteiger partial charge on any atom is 0.0409 e. The van der Waals surface area contributed by atoms with E-state index in [9.17, 15) is 0 Å². The highest BCUT2D eigenvalue weighted by Gasteiger charge is 2.20. The standard InChI is InChI=1S/C16H25ClN2/c1-3-18-16(14-5-4-6-15(17)11-14)8-10-19-9-7-13(2)12-19/h4-6,11,13,16,18H,3,7-10,12H2,1-2H3. The molecule has 1 aromatic carbocycles. The van der Waals surface area contributed by atoms with Crippen molar-refractivity contribution in [3.8, 4) is 0 Å². The van der Waals surface area contributed by atoms with E-state index in [1.165, 1.54) is 31.6 Å². The average Bonchev–Trinajstić information content (AvgIpc) is 2.80. The molecule has 2 atom stereocenters. The van der Waals surface area contributed by atoms with Crippen LogP contribution in [0.15, 0.2) is 24.3 Å². The van der Waals surface area contributed by atoms with Gasteiger partial charge in [0.1, 0.15) is 0 Å². The Balaban J connectivity index is 1.92. The summed E-state index contributed by atoms with van der Waals surface area (Å²) in [7, 11) is 0. The Morgan fingerprint density at radius 2 is 2.32 bits per heavy atom. The second kappa shape index (κ2) is 7.28. The predicted octanol–water partition coefficient (Wildman–Crippen LogP) is 3.72. The zero-order valence-corrected chi connectivity index (χ0v) is 12.8. The molecule has 0 amide bonds. The number of hydrogen-bond acceptors (Lipinski definition) is 2. The molecule has 1 aliphatic rings. The summed E-state index contributed by atoms with van der Waals surface area (Å²) in [5.41, 5.74) is 1.31. The van der Waals surface area contributed by atoms with Crippen LogP contribution in [0, 0.1) is 5.92 Å². The van der Waals surface area contributed by atoms with Gasteiger partial charge in [-0.25, -0.2) is 0 Å². The number of hydrogen-bond donors (Lipinski definition) is 1. The van der Waals surface area contributed by atoms with E-state index in [4.69, 9.17) is 11.6 Å². The Morgan fingerprint density at radius 3 is 2.95 bits per heavy atom. The van der Waals surface area contributed by atoms with Gasteiger partial charge >= 0.3 is 0 Å². The number of likely N-dealkylation sites (tertiary alicyclic amines) is 1. The molecule has 0 aliphatic carbocycles. The van der Waals surface area contributed by atoms with E-state index < -0.39 is 0 Å². The van der Waals surface area contributed by atoms with Gasteiger partial charge in [0.2, 0.25) is 0 Å². The normalized spacial score (nSPS) is 21.7. The molecule has 2 unspecified atom stereocenters. The zero-order chi connectivity index (χ0) is 13.7. The lowest BCUT2D eigenvalue weighted by molar-refractivity contribution is 0.303. The van der Waals surface area contributed by atoms with Crippen molar-refractivity contribution in [2.24, 2.45) is 5.92 Å². The average molecular weight is 281 g/mol. The fourth-order valence-corrected chi connectivity index (χ4v) is 3.10. The third-order valence-electron chi connectivity index (χ3n) is 3.94. The molecular weight excluding hydrogens is 256 g/mol. The smallest absolute Gasteiger partial charge is 0.0409 e. The third kappa shape index (κ3) is 4.48. The summed E-state index contributed by atoms with van der Waals surface area (Å²) in [6.07, 6.45) is 2.50. The van der Waals surface area contributed by atoms with Crippen molar-refractivity contribution >= 4 is 11.6 Å². The van der Waals surface area contributed by atoms with E-state index in [-0.39, 0.29) is 0 Å². The van der Waals surface area contributed by atoms with E-state index in [1.807, 2.05) is 12.1 Å². The van der Waals surface area contributed by atoms with Crippen molar-refractivity contribution < 1.29 is 0 Å². The topological polar surface area (TPSA) is 15.3 Å². The molecule has 1 heterocycles. The molecule has 0 spiro atoms. The summed E-state index contributed by atoms with van der Waals surface area (Å²) in [6, 6.07) is 8.66. The molecule has 0 aromatic heterocycles. The fraction of sp³-hybridized carbons (Fsp3) is 0.625. The van der Waals surface area contributed by atoms with Crippen LogP contribution >= 0.6 is 11.6 Å². The molecule has 106 valence electrons. The van der Waals surface area contributed by atoms with E-state index in [0.29, 0.717) is 6.04 Å². The van der Waals surface area contributed by atoms with Crippen LogP contribution in [-0.2, 0) is 0 Å². The van der Waals surface area contributed by atoms with Crippen molar-refractivity contribution in [2.45, 2.75) is 32.7 Å². The van der Waals surface area contributed by atoms with E-state index >= 15 is 0 Å². The SMILES string of the molecule is CCNC(CCN1CCC(C)C1)c1cccc(Cl)c1.